The number of halogens is 3. The molecule has 1 N–H and O–H groups in total. The molecule has 0 aliphatic rings. The average molecular weight is 730 g/mol. The number of amides is 1. The molecule has 0 aliphatic heterocycles. The predicted molar refractivity (Wildman–Crippen MR) is 181 cm³/mol. The topological polar surface area (TPSA) is 159 Å². The highest BCUT2D eigenvalue weighted by atomic mass is 32.2. The molecule has 3 aromatic heterocycles. The predicted octanol–water partition coefficient (Wildman–Crippen LogP) is 5.42. The largest absolute Gasteiger partial charge is 0.744 e. The molecule has 1 amide bonds. The van der Waals surface area contributed by atoms with Crippen molar-refractivity contribution in [2.45, 2.75) is 31.0 Å². The number of hydrogen-bond acceptors (Lipinski definition) is 7. The third-order valence-corrected chi connectivity index (χ3v) is 8.77. The number of benzene rings is 3. The number of aryl methyl sites for hydroxylation is 1. The maximum absolute atomic E-state index is 13.9. The Morgan fingerprint density at radius 3 is 2.19 bits per heavy atom. The molecule has 52 heavy (non-hydrogen) atoms. The van der Waals surface area contributed by atoms with E-state index in [1.807, 2.05) is 42.2 Å². The monoisotopic (exact) mass is 729 g/mol. The van der Waals surface area contributed by atoms with Gasteiger partial charge in [0.1, 0.15) is 22.9 Å². The van der Waals surface area contributed by atoms with E-state index in [4.69, 9.17) is 0 Å². The second kappa shape index (κ2) is 14.9. The standard InChI is InChI=1S/C30H24F3N7O2.C6H6O3S/c1-19(22-12-15-37(3)16-13-22)36-28(41)39-27(26-11-14-35-40(26)24-9-7-21(18-34)8-10-24)20(2)38(29(39)42)25-6-4-5-23(17-25)30(31,32)33;7-10(8,9)6-4-2-1-3-5-6/h4-17,19H,1-3H3;1-5H,(H,7,8,9). The van der Waals surface area contributed by atoms with Crippen molar-refractivity contribution in [3.63, 3.8) is 0 Å². The Morgan fingerprint density at radius 2 is 1.62 bits per heavy atom. The van der Waals surface area contributed by atoms with Crippen LogP contribution in [0.15, 0.2) is 125 Å². The number of nitrogens with zero attached hydrogens (tertiary/aromatic N) is 6. The first-order valence-electron chi connectivity index (χ1n) is 15.4. The first-order valence-corrected chi connectivity index (χ1v) is 16.8. The van der Waals surface area contributed by atoms with Crippen molar-refractivity contribution >= 4 is 16.1 Å². The fourth-order valence-corrected chi connectivity index (χ4v) is 5.80. The second-order valence-electron chi connectivity index (χ2n) is 11.5. The average Bonchev–Trinajstić information content (AvgIpc) is 3.70. The minimum Gasteiger partial charge on any atom is -0.744 e. The molecular formula is C36H30F3N7O5S. The van der Waals surface area contributed by atoms with Crippen LogP contribution in [-0.4, -0.2) is 37.9 Å². The molecule has 0 saturated carbocycles. The number of alkyl halides is 3. The van der Waals surface area contributed by atoms with Gasteiger partial charge in [-0.2, -0.15) is 23.5 Å². The summed E-state index contributed by atoms with van der Waals surface area (Å²) in [6.07, 6.45) is 0.486. The maximum atomic E-state index is 13.9. The molecule has 0 saturated heterocycles. The lowest BCUT2D eigenvalue weighted by Crippen LogP contribution is -2.38. The first-order chi connectivity index (χ1) is 24.6. The molecule has 0 fully saturated rings. The molecule has 1 unspecified atom stereocenters. The molecule has 0 bridgehead atoms. The molecule has 0 spiro atoms. The number of hydrogen-bond donors (Lipinski definition) is 1. The number of carbonyl (C=O) groups is 1. The number of carbonyl (C=O) groups excluding carboxylic acids is 1. The van der Waals surface area contributed by atoms with Crippen molar-refractivity contribution < 1.29 is 35.5 Å². The molecule has 16 heteroatoms. The summed E-state index contributed by atoms with van der Waals surface area (Å²) in [5.74, 6) is 0. The number of pyridine rings is 1. The Morgan fingerprint density at radius 1 is 0.962 bits per heavy atom. The van der Waals surface area contributed by atoms with Crippen LogP contribution in [-0.2, 0) is 23.3 Å². The molecule has 12 nitrogen and oxygen atoms in total. The van der Waals surface area contributed by atoms with E-state index >= 15 is 0 Å². The van der Waals surface area contributed by atoms with Crippen molar-refractivity contribution in [1.82, 2.24) is 24.2 Å². The number of rotatable bonds is 6. The van der Waals surface area contributed by atoms with Gasteiger partial charge in [-0.3, -0.25) is 4.57 Å². The van der Waals surface area contributed by atoms with Crippen molar-refractivity contribution in [3.8, 4) is 28.8 Å². The molecule has 1 atom stereocenters. The summed E-state index contributed by atoms with van der Waals surface area (Å²) in [7, 11) is -2.40. The minimum absolute atomic E-state index is 0.0480. The van der Waals surface area contributed by atoms with Crippen LogP contribution in [0, 0.1) is 18.3 Å². The van der Waals surface area contributed by atoms with Gasteiger partial charge in [0.15, 0.2) is 12.4 Å². The quantitative estimate of drug-likeness (QED) is 0.177. The van der Waals surface area contributed by atoms with Gasteiger partial charge in [-0.05, 0) is 80.1 Å². The van der Waals surface area contributed by atoms with Crippen LogP contribution in [0.25, 0.3) is 22.8 Å². The Labute approximate surface area is 296 Å². The summed E-state index contributed by atoms with van der Waals surface area (Å²) >= 11 is 0. The van der Waals surface area contributed by atoms with Crippen molar-refractivity contribution in [2.75, 3.05) is 0 Å². The Balaban J connectivity index is 0.000000452. The highest BCUT2D eigenvalue weighted by molar-refractivity contribution is 7.85. The number of aromatic nitrogens is 5. The van der Waals surface area contributed by atoms with E-state index in [1.54, 1.807) is 50.2 Å². The summed E-state index contributed by atoms with van der Waals surface area (Å²) in [6.45, 7) is 3.31. The molecule has 266 valence electrons. The second-order valence-corrected chi connectivity index (χ2v) is 12.8. The van der Waals surface area contributed by atoms with E-state index in [1.165, 1.54) is 47.3 Å². The zero-order chi connectivity index (χ0) is 37.8. The molecule has 0 radical (unpaired) electrons. The van der Waals surface area contributed by atoms with Gasteiger partial charge < -0.3 is 9.87 Å². The molecule has 3 aromatic carbocycles. The van der Waals surface area contributed by atoms with E-state index in [-0.39, 0.29) is 22.0 Å². The van der Waals surface area contributed by atoms with Gasteiger partial charge in [-0.1, -0.05) is 24.3 Å². The smallest absolute Gasteiger partial charge is 0.416 e. The SMILES string of the molecule is Cc1c(-c2ccnn2-c2ccc(C#N)cc2)n(C(=O)NC(C)c2cc[n+](C)cc2)c(=O)n1-c1cccc(C(F)(F)F)c1.O=S(=O)([O-])c1ccccc1. The summed E-state index contributed by atoms with van der Waals surface area (Å²) in [5, 5.41) is 16.4. The minimum atomic E-state index is -4.63. The molecule has 0 aliphatic carbocycles. The first kappa shape index (κ1) is 37.0. The Bertz CT molecular complexity index is 2430. The van der Waals surface area contributed by atoms with Gasteiger partial charge in [-0.15, -0.1) is 0 Å². The fraction of sp³-hybridized carbons (Fsp3) is 0.139. The van der Waals surface area contributed by atoms with Crippen molar-refractivity contribution in [3.05, 3.63) is 149 Å². The summed E-state index contributed by atoms with van der Waals surface area (Å²) in [5.41, 5.74) is 0.643. The number of imidazole rings is 1. The lowest BCUT2D eigenvalue weighted by atomic mass is 10.1. The third-order valence-electron chi connectivity index (χ3n) is 7.92. The fourth-order valence-electron chi connectivity index (χ4n) is 5.31. The van der Waals surface area contributed by atoms with Gasteiger partial charge in [0.25, 0.3) is 0 Å². The highest BCUT2D eigenvalue weighted by Crippen LogP contribution is 2.32. The normalized spacial score (nSPS) is 12.0. The lowest BCUT2D eigenvalue weighted by Gasteiger charge is -2.15. The summed E-state index contributed by atoms with van der Waals surface area (Å²) in [6, 6.07) is 24.1. The Hall–Kier alpha value is -6.31. The van der Waals surface area contributed by atoms with Crippen LogP contribution < -0.4 is 15.6 Å². The summed E-state index contributed by atoms with van der Waals surface area (Å²) in [4.78, 5) is 27.5. The third kappa shape index (κ3) is 8.01. The molecule has 6 aromatic rings. The van der Waals surface area contributed by atoms with Crippen LogP contribution in [0.5, 0.6) is 0 Å². The van der Waals surface area contributed by atoms with E-state index < -0.39 is 39.6 Å². The van der Waals surface area contributed by atoms with Crippen LogP contribution in [0.1, 0.15) is 35.3 Å². The van der Waals surface area contributed by atoms with Crippen molar-refractivity contribution in [2.24, 2.45) is 7.05 Å². The van der Waals surface area contributed by atoms with Gasteiger partial charge in [0.05, 0.1) is 57.1 Å². The molecular weight excluding hydrogens is 700 g/mol. The van der Waals surface area contributed by atoms with E-state index in [0.29, 0.717) is 16.9 Å². The molecule has 6 rings (SSSR count). The number of nitriles is 1. The van der Waals surface area contributed by atoms with Gasteiger partial charge >= 0.3 is 17.9 Å². The maximum Gasteiger partial charge on any atom is 0.416 e. The molecule has 3 heterocycles. The van der Waals surface area contributed by atoms with Gasteiger partial charge in [0, 0.05) is 12.1 Å². The Kier molecular flexibility index (Phi) is 10.6. The van der Waals surface area contributed by atoms with Gasteiger partial charge in [-0.25, -0.2) is 31.8 Å². The van der Waals surface area contributed by atoms with E-state index in [2.05, 4.69) is 10.4 Å². The van der Waals surface area contributed by atoms with E-state index in [9.17, 15) is 41.0 Å². The van der Waals surface area contributed by atoms with Gasteiger partial charge in [0.2, 0.25) is 0 Å². The highest BCUT2D eigenvalue weighted by Gasteiger charge is 2.32. The lowest BCUT2D eigenvalue weighted by molar-refractivity contribution is -0.671. The number of nitrogens with one attached hydrogen (secondary N) is 1. The zero-order valence-electron chi connectivity index (χ0n) is 27.8. The van der Waals surface area contributed by atoms with Crippen LogP contribution in [0.4, 0.5) is 18.0 Å². The van der Waals surface area contributed by atoms with E-state index in [0.717, 1.165) is 26.8 Å². The summed E-state index contributed by atoms with van der Waals surface area (Å²) < 4.78 is 76.8. The van der Waals surface area contributed by atoms with Crippen LogP contribution in [0.2, 0.25) is 0 Å². The van der Waals surface area contributed by atoms with Crippen LogP contribution >= 0.6 is 0 Å². The van der Waals surface area contributed by atoms with Crippen LogP contribution in [0.3, 0.4) is 0 Å². The van der Waals surface area contributed by atoms with Crippen molar-refractivity contribution in [1.29, 1.82) is 5.26 Å². The zero-order valence-corrected chi connectivity index (χ0v) is 28.6.